The van der Waals surface area contributed by atoms with Gasteiger partial charge in [0.25, 0.3) is 5.91 Å². The van der Waals surface area contributed by atoms with Gasteiger partial charge in [0.2, 0.25) is 10.0 Å². The average Bonchev–Trinajstić information content (AvgIpc) is 3.04. The minimum absolute atomic E-state index is 0.0459. The van der Waals surface area contributed by atoms with Crippen molar-refractivity contribution in [2.24, 2.45) is 0 Å². The zero-order valence-corrected chi connectivity index (χ0v) is 14.4. The van der Waals surface area contributed by atoms with Crippen LogP contribution in [0.3, 0.4) is 0 Å². The fourth-order valence-electron chi connectivity index (χ4n) is 2.50. The molecule has 0 aromatic heterocycles. The summed E-state index contributed by atoms with van der Waals surface area (Å²) in [6.45, 7) is 0.579. The van der Waals surface area contributed by atoms with Crippen molar-refractivity contribution in [1.29, 1.82) is 0 Å². The lowest BCUT2D eigenvalue weighted by Gasteiger charge is -2.23. The van der Waals surface area contributed by atoms with Gasteiger partial charge in [0.05, 0.1) is 17.9 Å². The first-order valence-corrected chi connectivity index (χ1v) is 9.53. The second-order valence-corrected chi connectivity index (χ2v) is 7.72. The third-order valence-corrected chi connectivity index (χ3v) is 5.10. The maximum Gasteiger partial charge on any atom is 0.254 e. The van der Waals surface area contributed by atoms with Gasteiger partial charge >= 0.3 is 0 Å². The molecule has 1 amide bonds. The highest BCUT2D eigenvalue weighted by Gasteiger charge is 2.25. The number of ether oxygens (including phenoxy) is 1. The molecule has 6 nitrogen and oxygen atoms in total. The van der Waals surface area contributed by atoms with Crippen LogP contribution >= 0.6 is 0 Å². The van der Waals surface area contributed by atoms with Crippen molar-refractivity contribution in [1.82, 2.24) is 9.62 Å². The lowest BCUT2D eigenvalue weighted by Crippen LogP contribution is -2.42. The molecule has 25 heavy (non-hydrogen) atoms. The molecule has 1 N–H and O–H groups in total. The van der Waals surface area contributed by atoms with Crippen LogP contribution in [0.1, 0.15) is 23.2 Å². The Kier molecular flexibility index (Phi) is 6.42. The van der Waals surface area contributed by atoms with Gasteiger partial charge in [0.15, 0.2) is 17.5 Å². The summed E-state index contributed by atoms with van der Waals surface area (Å²) in [4.78, 5) is 11.9. The van der Waals surface area contributed by atoms with Crippen LogP contribution in [-0.4, -0.2) is 57.2 Å². The van der Waals surface area contributed by atoms with Gasteiger partial charge in [0, 0.05) is 26.2 Å². The first kappa shape index (κ1) is 19.7. The van der Waals surface area contributed by atoms with Gasteiger partial charge < -0.3 is 10.1 Å². The van der Waals surface area contributed by atoms with Crippen molar-refractivity contribution < 1.29 is 31.1 Å². The number of carbonyl (C=O) groups excluding carboxylic acids is 1. The number of hydrogen-bond donors (Lipinski definition) is 1. The monoisotopic (exact) mass is 380 g/mol. The van der Waals surface area contributed by atoms with Crippen LogP contribution in [0.5, 0.6) is 0 Å². The van der Waals surface area contributed by atoms with E-state index in [-0.39, 0.29) is 25.7 Å². The van der Waals surface area contributed by atoms with Gasteiger partial charge in [-0.05, 0) is 25.0 Å². The molecule has 0 saturated carbocycles. The van der Waals surface area contributed by atoms with Crippen molar-refractivity contribution in [2.45, 2.75) is 18.9 Å². The summed E-state index contributed by atoms with van der Waals surface area (Å²) in [5.74, 6) is -5.67. The predicted octanol–water partition coefficient (Wildman–Crippen LogP) is 1.27. The van der Waals surface area contributed by atoms with E-state index in [0.29, 0.717) is 12.7 Å². The Bertz CT molecular complexity index is 737. The molecule has 1 heterocycles. The minimum Gasteiger partial charge on any atom is -0.377 e. The molecule has 0 bridgehead atoms. The van der Waals surface area contributed by atoms with Crippen LogP contribution in [0.2, 0.25) is 0 Å². The van der Waals surface area contributed by atoms with E-state index in [2.05, 4.69) is 5.32 Å². The molecule has 1 aromatic rings. The van der Waals surface area contributed by atoms with E-state index < -0.39 is 38.9 Å². The average molecular weight is 380 g/mol. The lowest BCUT2D eigenvalue weighted by atomic mass is 10.2. The topological polar surface area (TPSA) is 75.7 Å². The Labute approximate surface area is 144 Å². The molecule has 1 aliphatic rings. The summed E-state index contributed by atoms with van der Waals surface area (Å²) in [5.41, 5.74) is -0.649. The van der Waals surface area contributed by atoms with Gasteiger partial charge in [-0.3, -0.25) is 4.79 Å². The van der Waals surface area contributed by atoms with E-state index in [1.54, 1.807) is 0 Å². The number of rotatable bonds is 7. The maximum atomic E-state index is 13.6. The highest BCUT2D eigenvalue weighted by Crippen LogP contribution is 2.16. The van der Waals surface area contributed by atoms with Crippen LogP contribution in [0, 0.1) is 17.5 Å². The van der Waals surface area contributed by atoms with Crippen LogP contribution in [0.15, 0.2) is 12.1 Å². The predicted molar refractivity (Wildman–Crippen MR) is 84.0 cm³/mol. The molecule has 140 valence electrons. The van der Waals surface area contributed by atoms with Crippen molar-refractivity contribution >= 4 is 15.9 Å². The number of halogens is 3. The Morgan fingerprint density at radius 3 is 2.64 bits per heavy atom. The molecule has 1 fully saturated rings. The minimum atomic E-state index is -3.52. The molecule has 0 radical (unpaired) electrons. The quantitative estimate of drug-likeness (QED) is 0.723. The van der Waals surface area contributed by atoms with E-state index in [9.17, 15) is 26.4 Å². The standard InChI is InChI=1S/C15H19F3N2O4S/c1-25(22,23)20(9-10-3-2-8-24-10)7-6-19-15(21)11-4-5-12(16)14(18)13(11)17/h4-5,10H,2-3,6-9H2,1H3,(H,19,21). The molecule has 1 aromatic carbocycles. The number of hydrogen-bond acceptors (Lipinski definition) is 4. The van der Waals surface area contributed by atoms with Gasteiger partial charge in [-0.25, -0.2) is 21.6 Å². The zero-order chi connectivity index (χ0) is 18.6. The second kappa shape index (κ2) is 8.15. The fraction of sp³-hybridized carbons (Fsp3) is 0.533. The summed E-state index contributed by atoms with van der Waals surface area (Å²) < 4.78 is 69.8. The Hall–Kier alpha value is -1.65. The molecule has 1 saturated heterocycles. The maximum absolute atomic E-state index is 13.6. The highest BCUT2D eigenvalue weighted by atomic mass is 32.2. The summed E-state index contributed by atoms with van der Waals surface area (Å²) in [6.07, 6.45) is 2.44. The lowest BCUT2D eigenvalue weighted by molar-refractivity contribution is 0.0908. The van der Waals surface area contributed by atoms with Gasteiger partial charge in [-0.15, -0.1) is 0 Å². The first-order chi connectivity index (χ1) is 11.7. The largest absolute Gasteiger partial charge is 0.377 e. The number of sulfonamides is 1. The number of nitrogens with one attached hydrogen (secondary N) is 1. The molecular weight excluding hydrogens is 361 g/mol. The highest BCUT2D eigenvalue weighted by molar-refractivity contribution is 7.88. The van der Waals surface area contributed by atoms with E-state index in [1.807, 2.05) is 0 Å². The third-order valence-electron chi connectivity index (χ3n) is 3.83. The van der Waals surface area contributed by atoms with Gasteiger partial charge in [-0.1, -0.05) is 0 Å². The second-order valence-electron chi connectivity index (χ2n) is 5.73. The van der Waals surface area contributed by atoms with Crippen molar-refractivity contribution in [3.05, 3.63) is 35.1 Å². The molecule has 0 spiro atoms. The van der Waals surface area contributed by atoms with Crippen LogP contribution in [0.25, 0.3) is 0 Å². The van der Waals surface area contributed by atoms with Crippen LogP contribution in [-0.2, 0) is 14.8 Å². The Balaban J connectivity index is 1.95. The number of carbonyl (C=O) groups is 1. The summed E-state index contributed by atoms with van der Waals surface area (Å²) in [6, 6.07) is 1.47. The molecule has 0 aliphatic carbocycles. The molecule has 1 atom stereocenters. The van der Waals surface area contributed by atoms with Crippen LogP contribution < -0.4 is 5.32 Å². The normalized spacial score (nSPS) is 17.9. The van der Waals surface area contributed by atoms with E-state index >= 15 is 0 Å². The number of nitrogens with zero attached hydrogens (tertiary/aromatic N) is 1. The molecule has 1 aliphatic heterocycles. The van der Waals surface area contributed by atoms with Gasteiger partial charge in [-0.2, -0.15) is 4.31 Å². The van der Waals surface area contributed by atoms with Crippen molar-refractivity contribution in [2.75, 3.05) is 32.5 Å². The Morgan fingerprint density at radius 1 is 1.32 bits per heavy atom. The third kappa shape index (κ3) is 5.16. The van der Waals surface area contributed by atoms with E-state index in [1.165, 1.54) is 0 Å². The summed E-state index contributed by atoms with van der Waals surface area (Å²) in [7, 11) is -3.52. The van der Waals surface area contributed by atoms with E-state index in [4.69, 9.17) is 4.74 Å². The van der Waals surface area contributed by atoms with Crippen molar-refractivity contribution in [3.63, 3.8) is 0 Å². The van der Waals surface area contributed by atoms with Crippen LogP contribution in [0.4, 0.5) is 13.2 Å². The number of benzene rings is 1. The molecule has 1 unspecified atom stereocenters. The SMILES string of the molecule is CS(=O)(=O)N(CCNC(=O)c1ccc(F)c(F)c1F)CC1CCCO1. The van der Waals surface area contributed by atoms with Crippen molar-refractivity contribution in [3.8, 4) is 0 Å². The summed E-state index contributed by atoms with van der Waals surface area (Å²) >= 11 is 0. The molecule has 10 heteroatoms. The van der Waals surface area contributed by atoms with Gasteiger partial charge in [0.1, 0.15) is 0 Å². The summed E-state index contributed by atoms with van der Waals surface area (Å²) in [5, 5.41) is 2.30. The van der Waals surface area contributed by atoms with E-state index in [0.717, 1.165) is 29.5 Å². The smallest absolute Gasteiger partial charge is 0.254 e. The fourth-order valence-corrected chi connectivity index (χ4v) is 3.36. The first-order valence-electron chi connectivity index (χ1n) is 7.68. The molecule has 2 rings (SSSR count). The Morgan fingerprint density at radius 2 is 2.04 bits per heavy atom. The zero-order valence-electron chi connectivity index (χ0n) is 13.6. The number of amides is 1. The molecular formula is C15H19F3N2O4S.